The Morgan fingerprint density at radius 1 is 0.826 bits per heavy atom. The molecule has 1 N–H and O–H groups in total. The van der Waals surface area contributed by atoms with Crippen molar-refractivity contribution in [3.63, 3.8) is 0 Å². The molecule has 2 aromatic carbocycles. The Hall–Kier alpha value is -1.96. The van der Waals surface area contributed by atoms with E-state index in [1.54, 1.807) is 0 Å². The summed E-state index contributed by atoms with van der Waals surface area (Å²) in [6.07, 6.45) is 16.4. The van der Waals surface area contributed by atoms with Crippen LogP contribution in [-0.2, 0) is 32.0 Å². The minimum Gasteiger partial charge on any atom is -0.489 e. The summed E-state index contributed by atoms with van der Waals surface area (Å²) in [6.45, 7) is 6.86. The number of aryl methyl sites for hydroxylation is 1. The van der Waals surface area contributed by atoms with Crippen LogP contribution in [0.3, 0.4) is 0 Å². The van der Waals surface area contributed by atoms with Gasteiger partial charge in [-0.1, -0.05) is 88.3 Å². The predicted molar refractivity (Wildman–Crippen MR) is 181 cm³/mol. The molecule has 3 aliphatic carbocycles. The molecular formula is C40H58O6. The summed E-state index contributed by atoms with van der Waals surface area (Å²) >= 11 is 0. The Labute approximate surface area is 277 Å². The average Bonchev–Trinajstić information content (AvgIpc) is 3.68. The second-order valence-electron chi connectivity index (χ2n) is 14.5. The van der Waals surface area contributed by atoms with E-state index in [2.05, 4.69) is 49.4 Å². The van der Waals surface area contributed by atoms with Crippen LogP contribution in [-0.4, -0.2) is 56.6 Å². The molecule has 3 fully saturated rings. The molecule has 6 nitrogen and oxygen atoms in total. The highest BCUT2D eigenvalue weighted by molar-refractivity contribution is 5.42. The topological polar surface area (TPSA) is 66.4 Å². The number of fused-ring (bicyclic) bond motifs is 6. The molecule has 1 saturated heterocycles. The molecule has 0 unspecified atom stereocenters. The van der Waals surface area contributed by atoms with Crippen molar-refractivity contribution >= 4 is 0 Å². The number of ether oxygens (including phenoxy) is 5. The molecule has 4 aliphatic rings. The normalized spacial score (nSPS) is 27.8. The van der Waals surface area contributed by atoms with Crippen molar-refractivity contribution in [1.82, 2.24) is 0 Å². The van der Waals surface area contributed by atoms with Gasteiger partial charge < -0.3 is 28.8 Å². The first kappa shape index (κ1) is 33.9. The van der Waals surface area contributed by atoms with E-state index < -0.39 is 5.79 Å². The molecular weight excluding hydrogens is 576 g/mol. The number of aliphatic hydroxyl groups is 1. The van der Waals surface area contributed by atoms with Crippen molar-refractivity contribution in [3.8, 4) is 5.75 Å². The number of aliphatic hydroxyl groups excluding tert-OH is 1. The molecule has 1 heterocycles. The van der Waals surface area contributed by atoms with E-state index in [-0.39, 0.29) is 11.5 Å². The Balaban J connectivity index is 1.04. The summed E-state index contributed by atoms with van der Waals surface area (Å²) < 4.78 is 32.0. The van der Waals surface area contributed by atoms with E-state index in [4.69, 9.17) is 28.8 Å². The molecule has 5 atom stereocenters. The van der Waals surface area contributed by atoms with Gasteiger partial charge in [0.15, 0.2) is 5.79 Å². The van der Waals surface area contributed by atoms with Crippen LogP contribution in [0.15, 0.2) is 48.5 Å². The number of unbranched alkanes of at least 4 members (excludes halogenated alkanes) is 8. The van der Waals surface area contributed by atoms with Crippen molar-refractivity contribution in [3.05, 3.63) is 65.2 Å². The number of rotatable bonds is 18. The Morgan fingerprint density at radius 3 is 2.33 bits per heavy atom. The Bertz CT molecular complexity index is 1200. The zero-order valence-corrected chi connectivity index (χ0v) is 28.3. The number of benzene rings is 2. The van der Waals surface area contributed by atoms with Crippen LogP contribution < -0.4 is 4.74 Å². The first-order valence-electron chi connectivity index (χ1n) is 18.5. The second-order valence-corrected chi connectivity index (χ2v) is 14.5. The molecule has 6 rings (SSSR count). The van der Waals surface area contributed by atoms with E-state index in [9.17, 15) is 0 Å². The van der Waals surface area contributed by atoms with E-state index >= 15 is 0 Å². The lowest BCUT2D eigenvalue weighted by atomic mass is 9.53. The van der Waals surface area contributed by atoms with E-state index in [1.165, 1.54) is 68.1 Å². The molecule has 2 saturated carbocycles. The molecule has 1 spiro atoms. The molecule has 2 aromatic rings. The monoisotopic (exact) mass is 634 g/mol. The molecule has 46 heavy (non-hydrogen) atoms. The van der Waals surface area contributed by atoms with Crippen LogP contribution in [0.4, 0.5) is 0 Å². The van der Waals surface area contributed by atoms with Gasteiger partial charge in [0.05, 0.1) is 32.5 Å². The lowest BCUT2D eigenvalue weighted by molar-refractivity contribution is -0.250. The van der Waals surface area contributed by atoms with Gasteiger partial charge in [-0.2, -0.15) is 0 Å². The van der Waals surface area contributed by atoms with Gasteiger partial charge in [0, 0.05) is 31.0 Å². The standard InChI is InChI=1S/C40H58O6/c1-39-29-37(43-25-24-42-23-13-8-6-4-2-3-5-7-12-22-41)38-34-19-17-33(44-30-31-14-10-9-11-15-31)28-32(34)16-18-35(38)36(39)20-21-40(39)45-26-27-46-40/h9-11,14-15,17,19,28,35-38,41H,2-8,12-13,16,18,20-27,29-30H2,1H3/t35-,36-,37-,38+,39-/m0/s1. The highest BCUT2D eigenvalue weighted by Crippen LogP contribution is 2.66. The van der Waals surface area contributed by atoms with Gasteiger partial charge in [0.2, 0.25) is 0 Å². The molecule has 6 heteroatoms. The smallest absolute Gasteiger partial charge is 0.174 e. The van der Waals surface area contributed by atoms with E-state index in [0.717, 1.165) is 50.9 Å². The van der Waals surface area contributed by atoms with E-state index in [0.29, 0.717) is 57.4 Å². The van der Waals surface area contributed by atoms with Crippen molar-refractivity contribution in [2.75, 3.05) is 39.6 Å². The SMILES string of the molecule is C[C@]12C[C@H](OCCOCCCCCCCCCCCO)[C@@H]3c4ccc(OCc5ccccc5)cc4CC[C@H]3[C@@H]1CCC21OCCO1. The Kier molecular flexibility index (Phi) is 12.1. The first-order valence-corrected chi connectivity index (χ1v) is 18.5. The largest absolute Gasteiger partial charge is 0.489 e. The zero-order chi connectivity index (χ0) is 31.7. The van der Waals surface area contributed by atoms with Crippen molar-refractivity contribution < 1.29 is 28.8 Å². The highest BCUT2D eigenvalue weighted by Gasteiger charge is 2.67. The fraction of sp³-hybridized carbons (Fsp3) is 0.700. The summed E-state index contributed by atoms with van der Waals surface area (Å²) in [6, 6.07) is 17.2. The summed E-state index contributed by atoms with van der Waals surface area (Å²) in [7, 11) is 0. The molecule has 0 radical (unpaired) electrons. The van der Waals surface area contributed by atoms with Gasteiger partial charge in [0.25, 0.3) is 0 Å². The predicted octanol–water partition coefficient (Wildman–Crippen LogP) is 8.38. The summed E-state index contributed by atoms with van der Waals surface area (Å²) in [5, 5.41) is 8.89. The van der Waals surface area contributed by atoms with Crippen LogP contribution in [0.2, 0.25) is 0 Å². The van der Waals surface area contributed by atoms with Crippen molar-refractivity contribution in [1.29, 1.82) is 0 Å². The van der Waals surface area contributed by atoms with Crippen LogP contribution in [0.25, 0.3) is 0 Å². The molecule has 0 aromatic heterocycles. The number of hydrogen-bond donors (Lipinski definition) is 1. The van der Waals surface area contributed by atoms with Gasteiger partial charge in [-0.15, -0.1) is 0 Å². The zero-order valence-electron chi connectivity index (χ0n) is 28.3. The van der Waals surface area contributed by atoms with Crippen LogP contribution >= 0.6 is 0 Å². The minimum absolute atomic E-state index is 0.0364. The quantitative estimate of drug-likeness (QED) is 0.166. The molecule has 0 amide bonds. The highest BCUT2D eigenvalue weighted by atomic mass is 16.7. The summed E-state index contributed by atoms with van der Waals surface area (Å²) in [5.41, 5.74) is 4.03. The Morgan fingerprint density at radius 2 is 1.57 bits per heavy atom. The van der Waals surface area contributed by atoms with Crippen LogP contribution in [0.1, 0.15) is 113 Å². The third kappa shape index (κ3) is 7.68. The van der Waals surface area contributed by atoms with Gasteiger partial charge in [0.1, 0.15) is 12.4 Å². The minimum atomic E-state index is -0.449. The summed E-state index contributed by atoms with van der Waals surface area (Å²) in [4.78, 5) is 0. The van der Waals surface area contributed by atoms with Gasteiger partial charge in [-0.05, 0) is 79.2 Å². The number of hydrogen-bond acceptors (Lipinski definition) is 6. The summed E-state index contributed by atoms with van der Waals surface area (Å²) in [5.74, 6) is 2.03. The lowest BCUT2D eigenvalue weighted by Crippen LogP contribution is -2.56. The molecule has 1 aliphatic heterocycles. The third-order valence-electron chi connectivity index (χ3n) is 11.7. The average molecular weight is 635 g/mol. The maximum Gasteiger partial charge on any atom is 0.174 e. The lowest BCUT2D eigenvalue weighted by Gasteiger charge is -2.55. The molecule has 0 bridgehead atoms. The first-order chi connectivity index (χ1) is 22.6. The van der Waals surface area contributed by atoms with Crippen molar-refractivity contribution in [2.24, 2.45) is 17.3 Å². The molecule has 254 valence electrons. The maximum absolute atomic E-state index is 8.89. The van der Waals surface area contributed by atoms with E-state index in [1.807, 2.05) is 6.07 Å². The maximum atomic E-state index is 8.89. The fourth-order valence-corrected chi connectivity index (χ4v) is 9.39. The second kappa shape index (κ2) is 16.4. The van der Waals surface area contributed by atoms with Crippen molar-refractivity contribution in [2.45, 2.75) is 121 Å². The van der Waals surface area contributed by atoms with Gasteiger partial charge >= 0.3 is 0 Å². The van der Waals surface area contributed by atoms with Gasteiger partial charge in [-0.3, -0.25) is 0 Å². The van der Waals surface area contributed by atoms with Crippen LogP contribution in [0, 0.1) is 17.3 Å². The fourth-order valence-electron chi connectivity index (χ4n) is 9.39. The van der Waals surface area contributed by atoms with Crippen LogP contribution in [0.5, 0.6) is 5.75 Å². The third-order valence-corrected chi connectivity index (χ3v) is 11.7. The van der Waals surface area contributed by atoms with Gasteiger partial charge in [-0.25, -0.2) is 0 Å².